The number of rotatable bonds is 6. The zero-order valence-corrected chi connectivity index (χ0v) is 10.7. The third kappa shape index (κ3) is 5.11. The highest BCUT2D eigenvalue weighted by Crippen LogP contribution is 2.07. The van der Waals surface area contributed by atoms with Gasteiger partial charge in [0.25, 0.3) is 0 Å². The maximum atomic E-state index is 7.31. The first-order valence-electron chi connectivity index (χ1n) is 6.09. The summed E-state index contributed by atoms with van der Waals surface area (Å²) in [5.74, 6) is 0. The van der Waals surface area contributed by atoms with E-state index in [0.717, 1.165) is 12.7 Å². The van der Waals surface area contributed by atoms with Crippen LogP contribution in [-0.2, 0) is 18.0 Å². The molecule has 1 heterocycles. The molecule has 0 atom stereocenters. The van der Waals surface area contributed by atoms with Crippen LogP contribution >= 0.6 is 0 Å². The highest BCUT2D eigenvalue weighted by Gasteiger charge is 2.11. The minimum Gasteiger partial charge on any atom is -0.360 e. The van der Waals surface area contributed by atoms with E-state index in [0.29, 0.717) is 6.73 Å². The Bertz CT molecular complexity index is 357. The highest BCUT2D eigenvalue weighted by atomic mass is 28.3. The molecular formula is C10H21N3OSi. The van der Waals surface area contributed by atoms with Crippen molar-refractivity contribution in [1.29, 1.82) is 0 Å². The minimum atomic E-state index is -1.89. The molecule has 0 saturated carbocycles. The number of nitrogens with two attached hydrogens (primary N) is 1. The molecule has 86 valence electrons. The van der Waals surface area contributed by atoms with E-state index in [4.69, 9.17) is 13.2 Å². The number of aromatic nitrogens is 2. The van der Waals surface area contributed by atoms with Crippen LogP contribution in [0.2, 0.25) is 25.7 Å². The van der Waals surface area contributed by atoms with E-state index < -0.39 is 14.6 Å². The Labute approximate surface area is 95.2 Å². The highest BCUT2D eigenvalue weighted by molar-refractivity contribution is 6.76. The first-order valence-corrected chi connectivity index (χ1v) is 8.80. The quantitative estimate of drug-likeness (QED) is 0.596. The molecule has 1 rings (SSSR count). The number of nitrogens with zero attached hydrogens (tertiary/aromatic N) is 2. The van der Waals surface area contributed by atoms with E-state index in [1.807, 2.05) is 0 Å². The lowest BCUT2D eigenvalue weighted by Gasteiger charge is -2.15. The van der Waals surface area contributed by atoms with Crippen LogP contribution in [0.3, 0.4) is 0 Å². The summed E-state index contributed by atoms with van der Waals surface area (Å²) in [6.07, 6.45) is 1.68. The average Bonchev–Trinajstić information content (AvgIpc) is 2.58. The molecule has 1 aromatic rings. The van der Waals surface area contributed by atoms with Gasteiger partial charge in [-0.25, -0.2) is 4.68 Å². The van der Waals surface area contributed by atoms with E-state index in [1.165, 1.54) is 0 Å². The summed E-state index contributed by atoms with van der Waals surface area (Å²) in [5.41, 5.74) is 5.53. The summed E-state index contributed by atoms with van der Waals surface area (Å²) in [6, 6.07) is 2.68. The molecule has 0 aliphatic carbocycles. The van der Waals surface area contributed by atoms with Crippen molar-refractivity contribution >= 4 is 8.07 Å². The predicted octanol–water partition coefficient (Wildman–Crippen LogP) is 1.65. The molecule has 0 saturated heterocycles. The van der Waals surface area contributed by atoms with Gasteiger partial charge in [-0.1, -0.05) is 19.6 Å². The van der Waals surface area contributed by atoms with Crippen molar-refractivity contribution in [3.8, 4) is 0 Å². The molecule has 5 heteroatoms. The van der Waals surface area contributed by atoms with Crippen molar-refractivity contribution in [2.24, 2.45) is 5.73 Å². The van der Waals surface area contributed by atoms with E-state index in [2.05, 4.69) is 24.7 Å². The van der Waals surface area contributed by atoms with E-state index in [-0.39, 0.29) is 5.69 Å². The summed E-state index contributed by atoms with van der Waals surface area (Å²) in [6.45, 7) is 6.08. The SMILES string of the molecule is [2H]C([2H])(N)c1ccn(COCC[Si](C)(C)C)n1. The summed E-state index contributed by atoms with van der Waals surface area (Å²) in [4.78, 5) is 0. The molecule has 2 N–H and O–H groups in total. The van der Waals surface area contributed by atoms with Crippen LogP contribution in [0.5, 0.6) is 0 Å². The van der Waals surface area contributed by atoms with Gasteiger partial charge >= 0.3 is 0 Å². The van der Waals surface area contributed by atoms with E-state index >= 15 is 0 Å². The molecule has 0 bridgehead atoms. The van der Waals surface area contributed by atoms with Gasteiger partial charge in [-0.15, -0.1) is 0 Å². The lowest BCUT2D eigenvalue weighted by atomic mass is 10.4. The van der Waals surface area contributed by atoms with Crippen LogP contribution in [0.1, 0.15) is 8.44 Å². The lowest BCUT2D eigenvalue weighted by molar-refractivity contribution is 0.0783. The Hall–Kier alpha value is -0.653. The molecule has 0 amide bonds. The molecule has 0 radical (unpaired) electrons. The molecule has 1 aromatic heterocycles. The lowest BCUT2D eigenvalue weighted by Crippen LogP contribution is -2.22. The molecular weight excluding hydrogens is 206 g/mol. The third-order valence-electron chi connectivity index (χ3n) is 2.01. The second kappa shape index (κ2) is 5.44. The Kier molecular flexibility index (Phi) is 3.47. The van der Waals surface area contributed by atoms with Gasteiger partial charge in [-0.2, -0.15) is 5.10 Å². The van der Waals surface area contributed by atoms with Crippen LogP contribution in [0, 0.1) is 0 Å². The third-order valence-corrected chi connectivity index (χ3v) is 3.71. The smallest absolute Gasteiger partial charge is 0.139 e. The zero-order valence-electron chi connectivity index (χ0n) is 11.7. The van der Waals surface area contributed by atoms with Crippen LogP contribution in [0.4, 0.5) is 0 Å². The molecule has 15 heavy (non-hydrogen) atoms. The van der Waals surface area contributed by atoms with Gasteiger partial charge in [-0.05, 0) is 12.1 Å². The van der Waals surface area contributed by atoms with Gasteiger partial charge < -0.3 is 10.5 Å². The molecule has 4 nitrogen and oxygen atoms in total. The number of ether oxygens (including phenoxy) is 1. The van der Waals surface area contributed by atoms with Gasteiger partial charge in [0.1, 0.15) is 6.73 Å². The van der Waals surface area contributed by atoms with Crippen LogP contribution < -0.4 is 5.73 Å². The summed E-state index contributed by atoms with van der Waals surface area (Å²) >= 11 is 0. The monoisotopic (exact) mass is 229 g/mol. The fourth-order valence-electron chi connectivity index (χ4n) is 1.05. The second-order valence-corrected chi connectivity index (χ2v) is 10.4. The minimum absolute atomic E-state index is 0.228. The van der Waals surface area contributed by atoms with Crippen molar-refractivity contribution in [1.82, 2.24) is 9.78 Å². The van der Waals surface area contributed by atoms with Crippen LogP contribution in [0.25, 0.3) is 0 Å². The summed E-state index contributed by atoms with van der Waals surface area (Å²) < 4.78 is 21.7. The van der Waals surface area contributed by atoms with Gasteiger partial charge in [0, 0.05) is 30.1 Å². The molecule has 0 unspecified atom stereocenters. The maximum Gasteiger partial charge on any atom is 0.139 e. The van der Waals surface area contributed by atoms with Crippen molar-refractivity contribution in [3.05, 3.63) is 18.0 Å². The number of hydrogen-bond donors (Lipinski definition) is 1. The van der Waals surface area contributed by atoms with Gasteiger partial charge in [-0.3, -0.25) is 0 Å². The first kappa shape index (κ1) is 9.56. The Morgan fingerprint density at radius 1 is 1.60 bits per heavy atom. The van der Waals surface area contributed by atoms with Crippen molar-refractivity contribution in [2.75, 3.05) is 6.61 Å². The Balaban J connectivity index is 2.36. The van der Waals surface area contributed by atoms with Crippen LogP contribution in [-0.4, -0.2) is 24.5 Å². The molecule has 0 fully saturated rings. The standard InChI is InChI=1S/C10H21N3OSi/c1-15(2,3)7-6-14-9-13-5-4-10(8-11)12-13/h4-5H,6-9,11H2,1-3H3/i8D2. The summed E-state index contributed by atoms with van der Waals surface area (Å²) in [7, 11) is -1.05. The van der Waals surface area contributed by atoms with Crippen LogP contribution in [0.15, 0.2) is 12.3 Å². The predicted molar refractivity (Wildman–Crippen MR) is 64.2 cm³/mol. The molecule has 0 aliphatic heterocycles. The average molecular weight is 229 g/mol. The topological polar surface area (TPSA) is 53.1 Å². The maximum absolute atomic E-state index is 7.31. The Morgan fingerprint density at radius 2 is 2.33 bits per heavy atom. The van der Waals surface area contributed by atoms with Crippen molar-refractivity contribution < 1.29 is 7.48 Å². The van der Waals surface area contributed by atoms with Crippen molar-refractivity contribution in [3.63, 3.8) is 0 Å². The van der Waals surface area contributed by atoms with Crippen molar-refractivity contribution in [2.45, 2.75) is 38.9 Å². The Morgan fingerprint density at radius 3 is 2.87 bits per heavy atom. The zero-order chi connectivity index (χ0) is 13.1. The fraction of sp³-hybridized carbons (Fsp3) is 0.700. The number of hydrogen-bond acceptors (Lipinski definition) is 3. The molecule has 0 aliphatic rings. The fourth-order valence-corrected chi connectivity index (χ4v) is 1.80. The van der Waals surface area contributed by atoms with Gasteiger partial charge in [0.2, 0.25) is 0 Å². The molecule has 0 spiro atoms. The first-order chi connectivity index (χ1) is 7.68. The normalized spacial score (nSPS) is 14.9. The largest absolute Gasteiger partial charge is 0.360 e. The second-order valence-electron chi connectivity index (χ2n) is 4.73. The van der Waals surface area contributed by atoms with Gasteiger partial charge in [0.05, 0.1) is 5.69 Å². The van der Waals surface area contributed by atoms with E-state index in [9.17, 15) is 0 Å². The van der Waals surface area contributed by atoms with E-state index in [1.54, 1.807) is 16.9 Å². The summed E-state index contributed by atoms with van der Waals surface area (Å²) in [5, 5.41) is 4.02. The van der Waals surface area contributed by atoms with Gasteiger partial charge in [0.15, 0.2) is 0 Å². The molecule has 0 aromatic carbocycles.